The maximum Gasteiger partial charge on any atom is 0.303 e. The van der Waals surface area contributed by atoms with Crippen LogP contribution < -0.4 is 19.5 Å². The lowest BCUT2D eigenvalue weighted by Crippen LogP contribution is -2.20. The van der Waals surface area contributed by atoms with E-state index in [9.17, 15) is 4.79 Å². The predicted octanol–water partition coefficient (Wildman–Crippen LogP) is 5.21. The van der Waals surface area contributed by atoms with Crippen LogP contribution in [0.15, 0.2) is 60.7 Å². The third-order valence-electron chi connectivity index (χ3n) is 5.10. The van der Waals surface area contributed by atoms with Crippen molar-refractivity contribution in [3.8, 4) is 28.4 Å². The van der Waals surface area contributed by atoms with Crippen LogP contribution in [0.25, 0.3) is 11.1 Å². The first-order chi connectivity index (χ1) is 16.0. The van der Waals surface area contributed by atoms with E-state index >= 15 is 0 Å². The van der Waals surface area contributed by atoms with Crippen molar-refractivity contribution in [2.45, 2.75) is 19.4 Å². The standard InChI is InChI=1S/C26H28ClNO5/c1-31-23-5-3-4-18(12-23)17-28-10-11-33-24-15-21(14-22(27)16-24)19-6-8-25(32-2)20(13-19)7-9-26(29)30/h3-6,8,12-16,28H,7,9-11,17H2,1-2H3,(H,29,30). The number of hydrogen-bond donors (Lipinski definition) is 2. The molecule has 0 heterocycles. The molecule has 0 aromatic heterocycles. The largest absolute Gasteiger partial charge is 0.497 e. The number of aryl methyl sites for hydroxylation is 1. The van der Waals surface area contributed by atoms with Gasteiger partial charge >= 0.3 is 5.97 Å². The minimum Gasteiger partial charge on any atom is -0.497 e. The van der Waals surface area contributed by atoms with Crippen molar-refractivity contribution in [3.63, 3.8) is 0 Å². The second-order valence-corrected chi connectivity index (χ2v) is 7.91. The number of ether oxygens (including phenoxy) is 3. The Bertz CT molecular complexity index is 1090. The van der Waals surface area contributed by atoms with Gasteiger partial charge in [-0.15, -0.1) is 0 Å². The molecule has 33 heavy (non-hydrogen) atoms. The summed E-state index contributed by atoms with van der Waals surface area (Å²) in [5, 5.41) is 12.9. The van der Waals surface area contributed by atoms with Crippen LogP contribution in [0.5, 0.6) is 17.2 Å². The molecule has 0 fully saturated rings. The topological polar surface area (TPSA) is 77.0 Å². The molecular weight excluding hydrogens is 442 g/mol. The molecule has 0 amide bonds. The Morgan fingerprint density at radius 1 is 0.970 bits per heavy atom. The lowest BCUT2D eigenvalue weighted by atomic mass is 10.00. The maximum absolute atomic E-state index is 11.0. The molecule has 0 unspecified atom stereocenters. The van der Waals surface area contributed by atoms with E-state index in [0.717, 1.165) is 28.0 Å². The highest BCUT2D eigenvalue weighted by molar-refractivity contribution is 6.31. The van der Waals surface area contributed by atoms with Crippen LogP contribution in [-0.2, 0) is 17.8 Å². The Morgan fingerprint density at radius 2 is 1.82 bits per heavy atom. The summed E-state index contributed by atoms with van der Waals surface area (Å²) in [5.41, 5.74) is 3.78. The molecule has 3 aromatic rings. The number of methoxy groups -OCH3 is 2. The molecule has 0 saturated carbocycles. The Hall–Kier alpha value is -3.22. The summed E-state index contributed by atoms with van der Waals surface area (Å²) in [6.07, 6.45) is 0.418. The maximum atomic E-state index is 11.0. The van der Waals surface area contributed by atoms with E-state index in [2.05, 4.69) is 5.32 Å². The number of hydrogen-bond acceptors (Lipinski definition) is 5. The van der Waals surface area contributed by atoms with Crippen molar-refractivity contribution < 1.29 is 24.1 Å². The third kappa shape index (κ3) is 7.41. The lowest BCUT2D eigenvalue weighted by molar-refractivity contribution is -0.136. The van der Waals surface area contributed by atoms with Gasteiger partial charge in [-0.2, -0.15) is 0 Å². The fourth-order valence-corrected chi connectivity index (χ4v) is 3.69. The highest BCUT2D eigenvalue weighted by Crippen LogP contribution is 2.32. The number of halogens is 1. The number of benzene rings is 3. The normalized spacial score (nSPS) is 10.6. The van der Waals surface area contributed by atoms with Crippen molar-refractivity contribution >= 4 is 17.6 Å². The fourth-order valence-electron chi connectivity index (χ4n) is 3.46. The van der Waals surface area contributed by atoms with E-state index in [1.54, 1.807) is 20.3 Å². The molecule has 0 bridgehead atoms. The van der Waals surface area contributed by atoms with E-state index in [0.29, 0.717) is 42.6 Å². The second-order valence-electron chi connectivity index (χ2n) is 7.47. The first-order valence-corrected chi connectivity index (χ1v) is 11.0. The van der Waals surface area contributed by atoms with Gasteiger partial charge in [-0.25, -0.2) is 0 Å². The van der Waals surface area contributed by atoms with Gasteiger partial charge in [0.05, 0.1) is 14.2 Å². The van der Waals surface area contributed by atoms with E-state index in [4.69, 9.17) is 30.9 Å². The van der Waals surface area contributed by atoms with Gasteiger partial charge in [-0.1, -0.05) is 29.8 Å². The van der Waals surface area contributed by atoms with Crippen LogP contribution in [0.2, 0.25) is 5.02 Å². The number of carboxylic acids is 1. The Morgan fingerprint density at radius 3 is 2.58 bits per heavy atom. The Labute approximate surface area is 199 Å². The van der Waals surface area contributed by atoms with Gasteiger partial charge in [0.2, 0.25) is 0 Å². The van der Waals surface area contributed by atoms with Crippen molar-refractivity contribution in [2.24, 2.45) is 0 Å². The highest BCUT2D eigenvalue weighted by Gasteiger charge is 2.10. The Kier molecular flexibility index (Phi) is 8.98. The molecule has 7 heteroatoms. The zero-order valence-electron chi connectivity index (χ0n) is 18.8. The number of carboxylic acid groups (broad SMARTS) is 1. The summed E-state index contributed by atoms with van der Waals surface area (Å²) < 4.78 is 16.5. The minimum atomic E-state index is -0.846. The van der Waals surface area contributed by atoms with Crippen LogP contribution in [0.1, 0.15) is 17.5 Å². The second kappa shape index (κ2) is 12.1. The number of carbonyl (C=O) groups is 1. The zero-order chi connectivity index (χ0) is 23.6. The molecule has 0 atom stereocenters. The quantitative estimate of drug-likeness (QED) is 0.354. The van der Waals surface area contributed by atoms with Crippen LogP contribution in [0, 0.1) is 0 Å². The smallest absolute Gasteiger partial charge is 0.303 e. The van der Waals surface area contributed by atoms with Crippen LogP contribution in [0.4, 0.5) is 0 Å². The zero-order valence-corrected chi connectivity index (χ0v) is 19.5. The average Bonchev–Trinajstić information content (AvgIpc) is 2.82. The van der Waals surface area contributed by atoms with Gasteiger partial charge in [0.1, 0.15) is 23.9 Å². The van der Waals surface area contributed by atoms with E-state index < -0.39 is 5.97 Å². The highest BCUT2D eigenvalue weighted by atomic mass is 35.5. The van der Waals surface area contributed by atoms with Crippen molar-refractivity contribution in [3.05, 3.63) is 76.8 Å². The minimum absolute atomic E-state index is 0.0342. The summed E-state index contributed by atoms with van der Waals surface area (Å²) in [4.78, 5) is 11.0. The van der Waals surface area contributed by atoms with Gasteiger partial charge in [0.15, 0.2) is 0 Å². The summed E-state index contributed by atoms with van der Waals surface area (Å²) >= 11 is 6.34. The summed E-state index contributed by atoms with van der Waals surface area (Å²) in [5.74, 6) is 1.33. The molecule has 0 spiro atoms. The van der Waals surface area contributed by atoms with Gasteiger partial charge in [-0.3, -0.25) is 4.79 Å². The molecular formula is C26H28ClNO5. The van der Waals surface area contributed by atoms with Crippen LogP contribution in [-0.4, -0.2) is 38.4 Å². The van der Waals surface area contributed by atoms with Crippen LogP contribution in [0.3, 0.4) is 0 Å². The third-order valence-corrected chi connectivity index (χ3v) is 5.32. The molecule has 3 rings (SSSR count). The molecule has 6 nitrogen and oxygen atoms in total. The van der Waals surface area contributed by atoms with Gasteiger partial charge < -0.3 is 24.6 Å². The predicted molar refractivity (Wildman–Crippen MR) is 130 cm³/mol. The van der Waals surface area contributed by atoms with Crippen molar-refractivity contribution in [1.29, 1.82) is 0 Å². The molecule has 0 aliphatic heterocycles. The number of rotatable bonds is 12. The van der Waals surface area contributed by atoms with E-state index in [1.807, 2.05) is 54.6 Å². The van der Waals surface area contributed by atoms with E-state index in [1.165, 1.54) is 0 Å². The lowest BCUT2D eigenvalue weighted by Gasteiger charge is -2.13. The first-order valence-electron chi connectivity index (χ1n) is 10.6. The van der Waals surface area contributed by atoms with Gasteiger partial charge in [0.25, 0.3) is 0 Å². The summed E-state index contributed by atoms with van der Waals surface area (Å²) in [6.45, 7) is 1.86. The van der Waals surface area contributed by atoms with Crippen molar-refractivity contribution in [2.75, 3.05) is 27.4 Å². The van der Waals surface area contributed by atoms with Crippen molar-refractivity contribution in [1.82, 2.24) is 5.32 Å². The molecule has 0 aliphatic carbocycles. The fraction of sp³-hybridized carbons (Fsp3) is 0.269. The molecule has 3 aromatic carbocycles. The van der Waals surface area contributed by atoms with Crippen LogP contribution >= 0.6 is 11.6 Å². The molecule has 0 aliphatic rings. The monoisotopic (exact) mass is 469 g/mol. The van der Waals surface area contributed by atoms with Gasteiger partial charge in [-0.05, 0) is 71.1 Å². The van der Waals surface area contributed by atoms with Gasteiger partial charge in [0, 0.05) is 24.5 Å². The van der Waals surface area contributed by atoms with E-state index in [-0.39, 0.29) is 6.42 Å². The SMILES string of the molecule is COc1cccc(CNCCOc2cc(Cl)cc(-c3ccc(OC)c(CCC(=O)O)c3)c2)c1. The number of nitrogens with one attached hydrogen (secondary N) is 1. The molecule has 174 valence electrons. The molecule has 2 N–H and O–H groups in total. The summed E-state index contributed by atoms with van der Waals surface area (Å²) in [6, 6.07) is 19.2. The number of aliphatic carboxylic acids is 1. The Balaban J connectivity index is 1.62. The molecule has 0 radical (unpaired) electrons. The first kappa shape index (κ1) is 24.4. The average molecular weight is 470 g/mol. The summed E-state index contributed by atoms with van der Waals surface area (Å²) in [7, 11) is 3.23. The molecule has 0 saturated heterocycles.